The van der Waals surface area contributed by atoms with Gasteiger partial charge in [0.05, 0.1) is 23.4 Å². The highest BCUT2D eigenvalue weighted by atomic mass is 32.2. The Morgan fingerprint density at radius 2 is 1.83 bits per heavy atom. The van der Waals surface area contributed by atoms with Crippen molar-refractivity contribution in [2.75, 3.05) is 17.1 Å². The third-order valence-electron chi connectivity index (χ3n) is 2.91. The van der Waals surface area contributed by atoms with Gasteiger partial charge in [0.25, 0.3) is 10.0 Å². The largest absolute Gasteiger partial charge is 0.495 e. The van der Waals surface area contributed by atoms with Crippen LogP contribution >= 0.6 is 0 Å². The van der Waals surface area contributed by atoms with Crippen LogP contribution in [0.4, 0.5) is 15.8 Å². The molecule has 0 aliphatic heterocycles. The van der Waals surface area contributed by atoms with Gasteiger partial charge in [-0.1, -0.05) is 12.1 Å². The highest BCUT2D eigenvalue weighted by Crippen LogP contribution is 2.28. The number of sulfonamides is 1. The summed E-state index contributed by atoms with van der Waals surface area (Å²) in [5.74, 6) is -0.821. The quantitative estimate of drug-likeness (QED) is 0.877. The maximum atomic E-state index is 13.6. The Kier molecular flexibility index (Phi) is 4.85. The normalized spacial score (nSPS) is 10.9. The second-order valence-corrected chi connectivity index (χ2v) is 6.31. The molecule has 6 nitrogen and oxygen atoms in total. The fraction of sp³-hybridized carbons (Fsp3) is 0.133. The van der Waals surface area contributed by atoms with E-state index in [1.165, 1.54) is 50.4 Å². The van der Waals surface area contributed by atoms with Crippen LogP contribution in [0, 0.1) is 5.82 Å². The number of anilines is 2. The molecule has 2 N–H and O–H groups in total. The van der Waals surface area contributed by atoms with Gasteiger partial charge in [-0.3, -0.25) is 9.52 Å². The number of ether oxygens (including phenoxy) is 1. The Morgan fingerprint density at radius 1 is 1.13 bits per heavy atom. The monoisotopic (exact) mass is 338 g/mol. The molecule has 0 atom stereocenters. The number of hydrogen-bond donors (Lipinski definition) is 2. The number of methoxy groups -OCH3 is 1. The first-order valence-electron chi connectivity index (χ1n) is 6.56. The molecular weight excluding hydrogens is 323 g/mol. The Bertz CT molecular complexity index is 837. The van der Waals surface area contributed by atoms with E-state index in [4.69, 9.17) is 4.74 Å². The molecule has 0 spiro atoms. The van der Waals surface area contributed by atoms with Gasteiger partial charge in [0.2, 0.25) is 5.91 Å². The van der Waals surface area contributed by atoms with E-state index in [1.54, 1.807) is 0 Å². The van der Waals surface area contributed by atoms with Crippen molar-refractivity contribution in [2.45, 2.75) is 11.8 Å². The van der Waals surface area contributed by atoms with Crippen LogP contribution in [-0.4, -0.2) is 21.4 Å². The average Bonchev–Trinajstić information content (AvgIpc) is 2.49. The van der Waals surface area contributed by atoms with Crippen LogP contribution in [0.25, 0.3) is 0 Å². The van der Waals surface area contributed by atoms with E-state index in [0.29, 0.717) is 5.69 Å². The number of carbonyl (C=O) groups is 1. The van der Waals surface area contributed by atoms with E-state index in [9.17, 15) is 17.6 Å². The van der Waals surface area contributed by atoms with Gasteiger partial charge in [0.1, 0.15) is 11.6 Å². The molecule has 0 bridgehead atoms. The maximum absolute atomic E-state index is 13.6. The van der Waals surface area contributed by atoms with Gasteiger partial charge in [0.15, 0.2) is 0 Å². The molecule has 0 radical (unpaired) electrons. The molecule has 0 fully saturated rings. The van der Waals surface area contributed by atoms with Gasteiger partial charge in [-0.2, -0.15) is 0 Å². The molecule has 0 aromatic heterocycles. The topological polar surface area (TPSA) is 84.5 Å². The molecule has 2 rings (SSSR count). The van der Waals surface area contributed by atoms with Crippen molar-refractivity contribution in [1.82, 2.24) is 0 Å². The van der Waals surface area contributed by atoms with E-state index in [-0.39, 0.29) is 22.2 Å². The fourth-order valence-corrected chi connectivity index (χ4v) is 2.96. The Labute approximate surface area is 133 Å². The smallest absolute Gasteiger partial charge is 0.262 e. The summed E-state index contributed by atoms with van der Waals surface area (Å²) in [6, 6.07) is 9.37. The number of rotatable bonds is 5. The third-order valence-corrected chi connectivity index (χ3v) is 4.28. The molecular formula is C15H15FN2O4S. The number of hydrogen-bond acceptors (Lipinski definition) is 4. The van der Waals surface area contributed by atoms with Crippen molar-refractivity contribution < 1.29 is 22.3 Å². The molecule has 8 heteroatoms. The summed E-state index contributed by atoms with van der Waals surface area (Å²) in [6.07, 6.45) is 0. The van der Waals surface area contributed by atoms with Gasteiger partial charge in [0, 0.05) is 13.0 Å². The Morgan fingerprint density at radius 3 is 2.43 bits per heavy atom. The summed E-state index contributed by atoms with van der Waals surface area (Å²) >= 11 is 0. The van der Waals surface area contributed by atoms with Gasteiger partial charge in [-0.25, -0.2) is 12.8 Å². The van der Waals surface area contributed by atoms with Crippen LogP contribution in [0.1, 0.15) is 6.92 Å². The summed E-state index contributed by atoms with van der Waals surface area (Å²) in [5, 5.41) is 2.52. The molecule has 0 saturated carbocycles. The van der Waals surface area contributed by atoms with Gasteiger partial charge >= 0.3 is 0 Å². The first-order chi connectivity index (χ1) is 10.8. The molecule has 2 aromatic carbocycles. The van der Waals surface area contributed by atoms with E-state index >= 15 is 0 Å². The summed E-state index contributed by atoms with van der Waals surface area (Å²) < 4.78 is 45.5. The molecule has 0 aliphatic rings. The maximum Gasteiger partial charge on any atom is 0.262 e. The van der Waals surface area contributed by atoms with Crippen LogP contribution in [0.15, 0.2) is 47.4 Å². The van der Waals surface area contributed by atoms with Crippen molar-refractivity contribution >= 4 is 27.3 Å². The predicted octanol–water partition coefficient (Wildman–Crippen LogP) is 2.59. The van der Waals surface area contributed by atoms with E-state index in [2.05, 4.69) is 10.0 Å². The number of benzene rings is 2. The first-order valence-corrected chi connectivity index (χ1v) is 8.05. The van der Waals surface area contributed by atoms with Crippen molar-refractivity contribution in [3.8, 4) is 5.75 Å². The van der Waals surface area contributed by atoms with Crippen LogP contribution in [0.5, 0.6) is 5.75 Å². The minimum Gasteiger partial charge on any atom is -0.495 e. The highest BCUT2D eigenvalue weighted by molar-refractivity contribution is 7.92. The summed E-state index contributed by atoms with van der Waals surface area (Å²) in [6.45, 7) is 1.32. The van der Waals surface area contributed by atoms with Gasteiger partial charge in [-0.15, -0.1) is 0 Å². The Balaban J connectivity index is 2.36. The standard InChI is InChI=1S/C15H15FN2O4S/c1-10(19)17-14-8-7-11(9-15(14)22-2)23(20,21)18-13-6-4-3-5-12(13)16/h3-9,18H,1-2H3,(H,17,19). The lowest BCUT2D eigenvalue weighted by molar-refractivity contribution is -0.114. The van der Waals surface area contributed by atoms with Gasteiger partial charge in [-0.05, 0) is 24.3 Å². The number of halogens is 1. The molecule has 0 saturated heterocycles. The lowest BCUT2D eigenvalue weighted by Gasteiger charge is -2.12. The zero-order chi connectivity index (χ0) is 17.0. The van der Waals surface area contributed by atoms with Crippen molar-refractivity contribution in [1.29, 1.82) is 0 Å². The molecule has 0 aliphatic carbocycles. The predicted molar refractivity (Wildman–Crippen MR) is 84.5 cm³/mol. The number of carbonyl (C=O) groups excluding carboxylic acids is 1. The SMILES string of the molecule is COc1cc(S(=O)(=O)Nc2ccccc2F)ccc1NC(C)=O. The molecule has 2 aromatic rings. The molecule has 122 valence electrons. The van der Waals surface area contributed by atoms with E-state index in [0.717, 1.165) is 6.07 Å². The van der Waals surface area contributed by atoms with Crippen LogP contribution in [0.2, 0.25) is 0 Å². The van der Waals surface area contributed by atoms with Crippen LogP contribution in [-0.2, 0) is 14.8 Å². The lowest BCUT2D eigenvalue weighted by Crippen LogP contribution is -2.14. The van der Waals surface area contributed by atoms with Crippen molar-refractivity contribution in [3.63, 3.8) is 0 Å². The third kappa shape index (κ3) is 3.98. The average molecular weight is 338 g/mol. The van der Waals surface area contributed by atoms with Crippen LogP contribution in [0.3, 0.4) is 0 Å². The second kappa shape index (κ2) is 6.66. The summed E-state index contributed by atoms with van der Waals surface area (Å²) in [7, 11) is -2.65. The zero-order valence-electron chi connectivity index (χ0n) is 12.5. The lowest BCUT2D eigenvalue weighted by atomic mass is 10.3. The first kappa shape index (κ1) is 16.8. The highest BCUT2D eigenvalue weighted by Gasteiger charge is 2.18. The zero-order valence-corrected chi connectivity index (χ0v) is 13.3. The fourth-order valence-electron chi connectivity index (χ4n) is 1.88. The van der Waals surface area contributed by atoms with Crippen LogP contribution < -0.4 is 14.8 Å². The van der Waals surface area contributed by atoms with E-state index < -0.39 is 15.8 Å². The number of nitrogens with one attached hydrogen (secondary N) is 2. The minimum atomic E-state index is -4.00. The molecule has 0 heterocycles. The molecule has 1 amide bonds. The molecule has 0 unspecified atom stereocenters. The molecule has 23 heavy (non-hydrogen) atoms. The second-order valence-electron chi connectivity index (χ2n) is 4.63. The van der Waals surface area contributed by atoms with Crippen molar-refractivity contribution in [2.24, 2.45) is 0 Å². The van der Waals surface area contributed by atoms with Gasteiger partial charge < -0.3 is 10.1 Å². The summed E-state index contributed by atoms with van der Waals surface area (Å²) in [4.78, 5) is 11.0. The minimum absolute atomic E-state index is 0.119. The number of para-hydroxylation sites is 1. The van der Waals surface area contributed by atoms with E-state index in [1.807, 2.05) is 0 Å². The van der Waals surface area contributed by atoms with Crippen molar-refractivity contribution in [3.05, 3.63) is 48.3 Å². The number of amides is 1. The summed E-state index contributed by atoms with van der Waals surface area (Å²) in [5.41, 5.74) is 0.183. The Hall–Kier alpha value is -2.61.